The number of hydrogen-bond acceptors (Lipinski definition) is 5. The van der Waals surface area contributed by atoms with Crippen LogP contribution in [-0.2, 0) is 9.59 Å². The van der Waals surface area contributed by atoms with E-state index in [1.807, 2.05) is 5.32 Å². The van der Waals surface area contributed by atoms with Crippen LogP contribution >= 0.6 is 0 Å². The Hall–Kier alpha value is -2.83. The molecule has 0 radical (unpaired) electrons. The second-order valence-corrected chi connectivity index (χ2v) is 4.11. The molecule has 0 unspecified atom stereocenters. The summed E-state index contributed by atoms with van der Waals surface area (Å²) in [6.07, 6.45) is 1.32. The summed E-state index contributed by atoms with van der Waals surface area (Å²) in [5, 5.41) is 11.5. The summed E-state index contributed by atoms with van der Waals surface area (Å²) in [6.45, 7) is 0. The van der Waals surface area contributed by atoms with Crippen molar-refractivity contribution >= 4 is 23.9 Å². The summed E-state index contributed by atoms with van der Waals surface area (Å²) in [5.41, 5.74) is 0.320. The average molecular weight is 276 g/mol. The van der Waals surface area contributed by atoms with Crippen LogP contribution in [0.15, 0.2) is 23.8 Å². The van der Waals surface area contributed by atoms with E-state index in [-0.39, 0.29) is 17.1 Å². The second kappa shape index (κ2) is 5.04. The minimum atomic E-state index is -0.763. The van der Waals surface area contributed by atoms with Gasteiger partial charge in [-0.25, -0.2) is 4.79 Å². The van der Waals surface area contributed by atoms with Crippen LogP contribution in [0.1, 0.15) is 5.56 Å². The molecule has 1 aromatic carbocycles. The van der Waals surface area contributed by atoms with Crippen molar-refractivity contribution in [1.29, 1.82) is 0 Å². The standard InChI is InChI=1S/C13H12N2O5/c1-15-12(18)8(11(17)14-13(15)19)5-7-3-4-9(16)10(6-7)20-2/h3-6,16H,1-2H3,(H,14,17,19)/b8-5-. The van der Waals surface area contributed by atoms with Crippen molar-refractivity contribution in [2.24, 2.45) is 0 Å². The van der Waals surface area contributed by atoms with Gasteiger partial charge in [0.15, 0.2) is 11.5 Å². The van der Waals surface area contributed by atoms with E-state index in [0.29, 0.717) is 5.56 Å². The van der Waals surface area contributed by atoms with Gasteiger partial charge in [0.1, 0.15) is 5.57 Å². The zero-order valence-electron chi connectivity index (χ0n) is 10.8. The lowest BCUT2D eigenvalue weighted by molar-refractivity contribution is -0.129. The number of methoxy groups -OCH3 is 1. The number of amides is 4. The number of rotatable bonds is 2. The maximum atomic E-state index is 11.9. The van der Waals surface area contributed by atoms with Crippen LogP contribution in [0.3, 0.4) is 0 Å². The molecule has 20 heavy (non-hydrogen) atoms. The number of aromatic hydroxyl groups is 1. The number of benzene rings is 1. The van der Waals surface area contributed by atoms with E-state index in [1.54, 1.807) is 0 Å². The summed E-state index contributed by atoms with van der Waals surface area (Å²) in [4.78, 5) is 35.6. The van der Waals surface area contributed by atoms with Gasteiger partial charge < -0.3 is 9.84 Å². The number of imide groups is 2. The fourth-order valence-electron chi connectivity index (χ4n) is 1.70. The van der Waals surface area contributed by atoms with Gasteiger partial charge >= 0.3 is 6.03 Å². The van der Waals surface area contributed by atoms with Gasteiger partial charge in [-0.05, 0) is 23.8 Å². The average Bonchev–Trinajstić information content (AvgIpc) is 2.43. The maximum absolute atomic E-state index is 11.9. The normalized spacial score (nSPS) is 17.4. The molecule has 0 atom stereocenters. The molecule has 0 bridgehead atoms. The first kappa shape index (κ1) is 13.6. The number of carbonyl (C=O) groups excluding carboxylic acids is 3. The first-order valence-corrected chi connectivity index (χ1v) is 5.66. The molecule has 0 aliphatic carbocycles. The molecule has 0 aromatic heterocycles. The Morgan fingerprint density at radius 3 is 2.65 bits per heavy atom. The van der Waals surface area contributed by atoms with E-state index >= 15 is 0 Å². The first-order chi connectivity index (χ1) is 9.43. The zero-order valence-corrected chi connectivity index (χ0v) is 10.8. The Morgan fingerprint density at radius 2 is 2.00 bits per heavy atom. The molecule has 7 nitrogen and oxygen atoms in total. The highest BCUT2D eigenvalue weighted by atomic mass is 16.5. The molecule has 7 heteroatoms. The van der Waals surface area contributed by atoms with Gasteiger partial charge in [-0.2, -0.15) is 0 Å². The molecule has 1 heterocycles. The van der Waals surface area contributed by atoms with Crippen molar-refractivity contribution in [2.75, 3.05) is 14.2 Å². The summed E-state index contributed by atoms with van der Waals surface area (Å²) in [7, 11) is 2.66. The SMILES string of the molecule is COc1cc(/C=C2/C(=O)NC(=O)N(C)C2=O)ccc1O. The molecule has 1 fully saturated rings. The third kappa shape index (κ3) is 2.33. The van der Waals surface area contributed by atoms with E-state index < -0.39 is 17.8 Å². The van der Waals surface area contributed by atoms with E-state index in [9.17, 15) is 19.5 Å². The number of carbonyl (C=O) groups is 3. The van der Waals surface area contributed by atoms with Crippen molar-refractivity contribution < 1.29 is 24.2 Å². The largest absolute Gasteiger partial charge is 0.504 e. The molecule has 2 rings (SSSR count). The number of barbiturate groups is 1. The smallest absolute Gasteiger partial charge is 0.331 e. The highest BCUT2D eigenvalue weighted by Crippen LogP contribution is 2.27. The lowest BCUT2D eigenvalue weighted by atomic mass is 10.1. The molecule has 1 aliphatic heterocycles. The molecule has 2 N–H and O–H groups in total. The number of phenols is 1. The van der Waals surface area contributed by atoms with E-state index in [0.717, 1.165) is 4.90 Å². The Labute approximate surface area is 114 Å². The summed E-state index contributed by atoms with van der Waals surface area (Å²) in [5.74, 6) is -1.29. The molecule has 0 saturated carbocycles. The van der Waals surface area contributed by atoms with Crippen LogP contribution in [0.4, 0.5) is 4.79 Å². The van der Waals surface area contributed by atoms with Gasteiger partial charge in [-0.1, -0.05) is 6.07 Å². The molecule has 104 valence electrons. The predicted molar refractivity (Wildman–Crippen MR) is 68.9 cm³/mol. The molecule has 1 aromatic rings. The topological polar surface area (TPSA) is 95.9 Å². The highest BCUT2D eigenvalue weighted by molar-refractivity contribution is 6.30. The number of urea groups is 1. The monoisotopic (exact) mass is 276 g/mol. The van der Waals surface area contributed by atoms with Crippen LogP contribution in [-0.4, -0.2) is 42.0 Å². The van der Waals surface area contributed by atoms with E-state index in [2.05, 4.69) is 0 Å². The Kier molecular flexibility index (Phi) is 3.43. The van der Waals surface area contributed by atoms with Gasteiger partial charge in [0.2, 0.25) is 0 Å². The van der Waals surface area contributed by atoms with Gasteiger partial charge in [0.25, 0.3) is 11.8 Å². The first-order valence-electron chi connectivity index (χ1n) is 5.66. The number of nitrogens with one attached hydrogen (secondary N) is 1. The van der Waals surface area contributed by atoms with Crippen molar-refractivity contribution in [2.45, 2.75) is 0 Å². The molecule has 1 saturated heterocycles. The van der Waals surface area contributed by atoms with Gasteiger partial charge in [0.05, 0.1) is 7.11 Å². The van der Waals surface area contributed by atoms with Crippen molar-refractivity contribution in [1.82, 2.24) is 10.2 Å². The van der Waals surface area contributed by atoms with Crippen LogP contribution in [0.5, 0.6) is 11.5 Å². The van der Waals surface area contributed by atoms with Crippen LogP contribution in [0.2, 0.25) is 0 Å². The molecule has 4 amide bonds. The molecule has 0 spiro atoms. The molecular formula is C13H12N2O5. The minimum absolute atomic E-state index is 0.0543. The van der Waals surface area contributed by atoms with E-state index in [1.165, 1.54) is 38.4 Å². The maximum Gasteiger partial charge on any atom is 0.331 e. The van der Waals surface area contributed by atoms with Crippen LogP contribution in [0, 0.1) is 0 Å². The number of phenolic OH excluding ortho intramolecular Hbond substituents is 1. The van der Waals surface area contributed by atoms with Crippen LogP contribution in [0.25, 0.3) is 6.08 Å². The summed E-state index contributed by atoms with van der Waals surface area (Å²) >= 11 is 0. The number of nitrogens with zero attached hydrogens (tertiary/aromatic N) is 1. The number of hydrogen-bond donors (Lipinski definition) is 2. The fourth-order valence-corrected chi connectivity index (χ4v) is 1.70. The summed E-state index contributed by atoms with van der Waals surface area (Å²) in [6, 6.07) is 3.60. The minimum Gasteiger partial charge on any atom is -0.504 e. The lowest BCUT2D eigenvalue weighted by Gasteiger charge is -2.22. The molecule has 1 aliphatic rings. The third-order valence-electron chi connectivity index (χ3n) is 2.82. The lowest BCUT2D eigenvalue weighted by Crippen LogP contribution is -2.52. The third-order valence-corrected chi connectivity index (χ3v) is 2.82. The molecular weight excluding hydrogens is 264 g/mol. The zero-order chi connectivity index (χ0) is 14.9. The Balaban J connectivity index is 2.41. The quantitative estimate of drug-likeness (QED) is 0.605. The fraction of sp³-hybridized carbons (Fsp3) is 0.154. The number of likely N-dealkylation sites (N-methyl/N-ethyl adjacent to an activating group) is 1. The van der Waals surface area contributed by atoms with Crippen molar-refractivity contribution in [3.8, 4) is 11.5 Å². The summed E-state index contributed by atoms with van der Waals surface area (Å²) < 4.78 is 4.94. The van der Waals surface area contributed by atoms with Crippen molar-refractivity contribution in [3.05, 3.63) is 29.3 Å². The van der Waals surface area contributed by atoms with Gasteiger partial charge in [-0.15, -0.1) is 0 Å². The van der Waals surface area contributed by atoms with Gasteiger partial charge in [0, 0.05) is 7.05 Å². The van der Waals surface area contributed by atoms with Gasteiger partial charge in [-0.3, -0.25) is 19.8 Å². The number of ether oxygens (including phenoxy) is 1. The Bertz CT molecular complexity index is 636. The van der Waals surface area contributed by atoms with Crippen molar-refractivity contribution in [3.63, 3.8) is 0 Å². The highest BCUT2D eigenvalue weighted by Gasteiger charge is 2.32. The van der Waals surface area contributed by atoms with E-state index in [4.69, 9.17) is 4.74 Å². The van der Waals surface area contributed by atoms with Crippen LogP contribution < -0.4 is 10.1 Å². The predicted octanol–water partition coefficient (Wildman–Crippen LogP) is 0.492. The Morgan fingerprint density at radius 1 is 1.30 bits per heavy atom. The second-order valence-electron chi connectivity index (χ2n) is 4.11.